The summed E-state index contributed by atoms with van der Waals surface area (Å²) >= 11 is 0. The van der Waals surface area contributed by atoms with Gasteiger partial charge in [0.1, 0.15) is 0 Å². The van der Waals surface area contributed by atoms with Crippen molar-refractivity contribution in [2.45, 2.75) is 11.4 Å². The highest BCUT2D eigenvalue weighted by molar-refractivity contribution is 7.84. The molecule has 126 valence electrons. The molecule has 0 spiro atoms. The summed E-state index contributed by atoms with van der Waals surface area (Å²) in [5.74, 6) is -0.954. The van der Waals surface area contributed by atoms with Gasteiger partial charge in [0.25, 0.3) is 5.91 Å². The molecule has 0 radical (unpaired) electrons. The molecular formula is C18H19NO4S. The maximum Gasteiger partial charge on any atom is 0.339 e. The van der Waals surface area contributed by atoms with Gasteiger partial charge in [-0.15, -0.1) is 0 Å². The first kappa shape index (κ1) is 17.9. The van der Waals surface area contributed by atoms with Crippen molar-refractivity contribution in [3.63, 3.8) is 0 Å². The highest BCUT2D eigenvalue weighted by atomic mass is 32.2. The second kappa shape index (κ2) is 8.40. The molecule has 2 rings (SSSR count). The maximum atomic E-state index is 12.1. The number of nitrogens with zero attached hydrogens (tertiary/aromatic N) is 1. The SMILES string of the molecule is CN(Cc1ccccc1)C(=O)COC(=O)c1ccccc1[S@@](C)=O. The van der Waals surface area contributed by atoms with Gasteiger partial charge in [-0.3, -0.25) is 9.00 Å². The number of ether oxygens (including phenoxy) is 1. The molecule has 2 aromatic rings. The highest BCUT2D eigenvalue weighted by Gasteiger charge is 2.17. The van der Waals surface area contributed by atoms with Crippen LogP contribution in [-0.2, 0) is 26.9 Å². The lowest BCUT2D eigenvalue weighted by Gasteiger charge is -2.17. The summed E-state index contributed by atoms with van der Waals surface area (Å²) in [6, 6.07) is 16.0. The molecule has 0 bridgehead atoms. The van der Waals surface area contributed by atoms with E-state index in [0.29, 0.717) is 11.4 Å². The number of hydrogen-bond acceptors (Lipinski definition) is 4. The van der Waals surface area contributed by atoms with Crippen molar-refractivity contribution < 1.29 is 18.5 Å². The second-order valence-corrected chi connectivity index (χ2v) is 6.61. The van der Waals surface area contributed by atoms with Gasteiger partial charge >= 0.3 is 5.97 Å². The molecule has 2 aromatic carbocycles. The summed E-state index contributed by atoms with van der Waals surface area (Å²) in [4.78, 5) is 26.1. The first-order valence-corrected chi connectivity index (χ1v) is 8.92. The molecule has 0 saturated heterocycles. The van der Waals surface area contributed by atoms with Gasteiger partial charge in [0.2, 0.25) is 0 Å². The summed E-state index contributed by atoms with van der Waals surface area (Å²) in [6.45, 7) is 0.0830. The van der Waals surface area contributed by atoms with E-state index in [4.69, 9.17) is 4.74 Å². The van der Waals surface area contributed by atoms with E-state index in [-0.39, 0.29) is 18.1 Å². The van der Waals surface area contributed by atoms with Crippen molar-refractivity contribution in [3.8, 4) is 0 Å². The van der Waals surface area contributed by atoms with E-state index in [2.05, 4.69) is 0 Å². The fourth-order valence-corrected chi connectivity index (χ4v) is 2.88. The van der Waals surface area contributed by atoms with Crippen molar-refractivity contribution in [3.05, 3.63) is 65.7 Å². The lowest BCUT2D eigenvalue weighted by Crippen LogP contribution is -2.30. The Balaban J connectivity index is 1.94. The predicted octanol–water partition coefficient (Wildman–Crippen LogP) is 2.24. The van der Waals surface area contributed by atoms with Crippen LogP contribution >= 0.6 is 0 Å². The van der Waals surface area contributed by atoms with Crippen LogP contribution in [0.15, 0.2) is 59.5 Å². The minimum atomic E-state index is -1.31. The van der Waals surface area contributed by atoms with Gasteiger partial charge in [0.05, 0.1) is 21.3 Å². The summed E-state index contributed by atoms with van der Waals surface area (Å²) in [5.41, 5.74) is 1.21. The number of esters is 1. The summed E-state index contributed by atoms with van der Waals surface area (Å²) in [7, 11) is 0.344. The van der Waals surface area contributed by atoms with Crippen LogP contribution < -0.4 is 0 Å². The van der Waals surface area contributed by atoms with Gasteiger partial charge in [0.15, 0.2) is 6.61 Å². The molecule has 0 aliphatic heterocycles. The fourth-order valence-electron chi connectivity index (χ4n) is 2.15. The van der Waals surface area contributed by atoms with Crippen molar-refractivity contribution in [1.82, 2.24) is 4.90 Å². The highest BCUT2D eigenvalue weighted by Crippen LogP contribution is 2.14. The van der Waals surface area contributed by atoms with Gasteiger partial charge in [-0.05, 0) is 17.7 Å². The van der Waals surface area contributed by atoms with Gasteiger partial charge in [-0.25, -0.2) is 4.79 Å². The largest absolute Gasteiger partial charge is 0.452 e. The van der Waals surface area contributed by atoms with E-state index < -0.39 is 16.8 Å². The number of carbonyl (C=O) groups excluding carboxylic acids is 2. The zero-order valence-corrected chi connectivity index (χ0v) is 14.4. The van der Waals surface area contributed by atoms with Crippen LogP contribution in [0.25, 0.3) is 0 Å². The molecule has 0 heterocycles. The molecule has 0 unspecified atom stereocenters. The molecule has 0 aliphatic rings. The Morgan fingerprint density at radius 2 is 1.67 bits per heavy atom. The van der Waals surface area contributed by atoms with Crippen LogP contribution in [0, 0.1) is 0 Å². The van der Waals surface area contributed by atoms with Crippen LogP contribution in [-0.4, -0.2) is 40.9 Å². The number of rotatable bonds is 6. The second-order valence-electron chi connectivity index (χ2n) is 5.26. The topological polar surface area (TPSA) is 63.7 Å². The Kier molecular flexibility index (Phi) is 6.26. The average Bonchev–Trinajstić information content (AvgIpc) is 2.60. The Bertz CT molecular complexity index is 746. The van der Waals surface area contributed by atoms with Crippen molar-refractivity contribution in [2.24, 2.45) is 0 Å². The van der Waals surface area contributed by atoms with Crippen LogP contribution in [0.5, 0.6) is 0 Å². The normalized spacial score (nSPS) is 11.6. The molecule has 1 atom stereocenters. The summed E-state index contributed by atoms with van der Waals surface area (Å²) < 4.78 is 16.7. The lowest BCUT2D eigenvalue weighted by atomic mass is 10.2. The maximum absolute atomic E-state index is 12.1. The first-order chi connectivity index (χ1) is 11.5. The summed E-state index contributed by atoms with van der Waals surface area (Å²) in [5, 5.41) is 0. The number of likely N-dealkylation sites (N-methyl/N-ethyl adjacent to an activating group) is 1. The fraction of sp³-hybridized carbons (Fsp3) is 0.222. The quantitative estimate of drug-likeness (QED) is 0.753. The van der Waals surface area contributed by atoms with Crippen LogP contribution in [0.4, 0.5) is 0 Å². The van der Waals surface area contributed by atoms with E-state index in [1.807, 2.05) is 30.3 Å². The smallest absolute Gasteiger partial charge is 0.339 e. The van der Waals surface area contributed by atoms with Crippen molar-refractivity contribution >= 4 is 22.7 Å². The number of amides is 1. The van der Waals surface area contributed by atoms with E-state index >= 15 is 0 Å². The van der Waals surface area contributed by atoms with Crippen LogP contribution in [0.1, 0.15) is 15.9 Å². The molecule has 0 aliphatic carbocycles. The predicted molar refractivity (Wildman–Crippen MR) is 92.0 cm³/mol. The first-order valence-electron chi connectivity index (χ1n) is 7.36. The van der Waals surface area contributed by atoms with Crippen LogP contribution in [0.2, 0.25) is 0 Å². The molecule has 6 heteroatoms. The average molecular weight is 345 g/mol. The molecule has 0 N–H and O–H groups in total. The van der Waals surface area contributed by atoms with E-state index in [9.17, 15) is 13.8 Å². The Labute approximate surface area is 143 Å². The molecule has 5 nitrogen and oxygen atoms in total. The molecule has 1 amide bonds. The van der Waals surface area contributed by atoms with Gasteiger partial charge in [0, 0.05) is 19.8 Å². The monoisotopic (exact) mass is 345 g/mol. The van der Waals surface area contributed by atoms with Gasteiger partial charge in [-0.2, -0.15) is 0 Å². The Morgan fingerprint density at radius 1 is 1.04 bits per heavy atom. The van der Waals surface area contributed by atoms with Crippen LogP contribution in [0.3, 0.4) is 0 Å². The van der Waals surface area contributed by atoms with E-state index in [1.54, 1.807) is 25.2 Å². The molecular weight excluding hydrogens is 326 g/mol. The number of hydrogen-bond donors (Lipinski definition) is 0. The third kappa shape index (κ3) is 4.76. The van der Waals surface area contributed by atoms with Crippen molar-refractivity contribution in [1.29, 1.82) is 0 Å². The molecule has 0 aromatic heterocycles. The minimum Gasteiger partial charge on any atom is -0.452 e. The Hall–Kier alpha value is -2.47. The van der Waals surface area contributed by atoms with E-state index in [0.717, 1.165) is 5.56 Å². The molecule has 24 heavy (non-hydrogen) atoms. The Morgan fingerprint density at radius 3 is 2.33 bits per heavy atom. The van der Waals surface area contributed by atoms with Gasteiger partial charge < -0.3 is 9.64 Å². The lowest BCUT2D eigenvalue weighted by molar-refractivity contribution is -0.133. The number of benzene rings is 2. The zero-order chi connectivity index (χ0) is 17.5. The third-order valence-electron chi connectivity index (χ3n) is 3.43. The molecule has 0 fully saturated rings. The van der Waals surface area contributed by atoms with E-state index in [1.165, 1.54) is 17.2 Å². The summed E-state index contributed by atoms with van der Waals surface area (Å²) in [6.07, 6.45) is 1.49. The van der Waals surface area contributed by atoms with Crippen molar-refractivity contribution in [2.75, 3.05) is 19.9 Å². The third-order valence-corrected chi connectivity index (χ3v) is 4.41. The number of carbonyl (C=O) groups is 2. The zero-order valence-electron chi connectivity index (χ0n) is 13.6. The minimum absolute atomic E-state index is 0.219. The van der Waals surface area contributed by atoms with Gasteiger partial charge in [-0.1, -0.05) is 42.5 Å². The standard InChI is InChI=1S/C18H19NO4S/c1-19(12-14-8-4-3-5-9-14)17(20)13-23-18(21)15-10-6-7-11-16(15)24(2)22/h3-11H,12-13H2,1-2H3/t24-/m1/s1. The molecule has 0 saturated carbocycles.